The molecule has 7 heteroatoms. The van der Waals surface area contributed by atoms with Gasteiger partial charge in [-0.05, 0) is 18.1 Å². The van der Waals surface area contributed by atoms with Gasteiger partial charge in [-0.3, -0.25) is 19.7 Å². The van der Waals surface area contributed by atoms with Gasteiger partial charge in [-0.25, -0.2) is 4.68 Å². The smallest absolute Gasteiger partial charge is 0.275 e. The molecule has 3 rings (SSSR count). The maximum absolute atomic E-state index is 12.5. The molecule has 1 unspecified atom stereocenters. The molecule has 2 aromatic rings. The van der Waals surface area contributed by atoms with Crippen LogP contribution in [0.1, 0.15) is 24.4 Å². The number of benzene rings is 1. The van der Waals surface area contributed by atoms with E-state index in [1.54, 1.807) is 18.2 Å². The standard InChI is InChI=1S/C14H13N3O4/c18-7-8-1-2-9-6-15-17(14(21)10(9)5-8)11-3-4-12(19)16-13(11)20/h1-2,5-6,11,18H,3-4,7H2,(H,16,19,20). The molecule has 108 valence electrons. The number of amides is 2. The second kappa shape index (κ2) is 5.10. The average molecular weight is 287 g/mol. The van der Waals surface area contributed by atoms with E-state index in [1.165, 1.54) is 6.20 Å². The van der Waals surface area contributed by atoms with E-state index in [0.717, 1.165) is 4.68 Å². The van der Waals surface area contributed by atoms with Crippen molar-refractivity contribution in [3.8, 4) is 0 Å². The molecule has 0 aliphatic carbocycles. The third-order valence-corrected chi connectivity index (χ3v) is 3.57. The lowest BCUT2D eigenvalue weighted by atomic mass is 10.1. The molecule has 0 radical (unpaired) electrons. The van der Waals surface area contributed by atoms with Gasteiger partial charge in [0.2, 0.25) is 5.91 Å². The van der Waals surface area contributed by atoms with Gasteiger partial charge in [0, 0.05) is 11.8 Å². The molecule has 1 aliphatic heterocycles. The minimum absolute atomic E-state index is 0.171. The van der Waals surface area contributed by atoms with Crippen molar-refractivity contribution in [2.75, 3.05) is 0 Å². The summed E-state index contributed by atoms with van der Waals surface area (Å²) in [6, 6.07) is 4.21. The molecule has 2 N–H and O–H groups in total. The zero-order chi connectivity index (χ0) is 15.0. The second-order valence-corrected chi connectivity index (χ2v) is 4.94. The van der Waals surface area contributed by atoms with Gasteiger partial charge in [0.25, 0.3) is 11.5 Å². The van der Waals surface area contributed by atoms with E-state index in [9.17, 15) is 14.4 Å². The third kappa shape index (κ3) is 2.31. The molecule has 0 bridgehead atoms. The lowest BCUT2D eigenvalue weighted by Gasteiger charge is -2.21. The molecule has 0 spiro atoms. The maximum atomic E-state index is 12.5. The monoisotopic (exact) mass is 287 g/mol. The summed E-state index contributed by atoms with van der Waals surface area (Å²) in [6.07, 6.45) is 1.93. The number of aliphatic hydroxyl groups excluding tert-OH is 1. The number of hydrogen-bond acceptors (Lipinski definition) is 5. The molecule has 1 aliphatic rings. The van der Waals surface area contributed by atoms with Crippen molar-refractivity contribution in [3.63, 3.8) is 0 Å². The van der Waals surface area contributed by atoms with E-state index in [-0.39, 0.29) is 25.4 Å². The van der Waals surface area contributed by atoms with E-state index >= 15 is 0 Å². The van der Waals surface area contributed by atoms with Gasteiger partial charge in [0.15, 0.2) is 0 Å². The highest BCUT2D eigenvalue weighted by molar-refractivity contribution is 5.99. The average Bonchev–Trinajstić information content (AvgIpc) is 2.48. The van der Waals surface area contributed by atoms with Crippen LogP contribution in [0.4, 0.5) is 0 Å². The molecular formula is C14H13N3O4. The van der Waals surface area contributed by atoms with Crippen LogP contribution in [0.5, 0.6) is 0 Å². The molecular weight excluding hydrogens is 274 g/mol. The van der Waals surface area contributed by atoms with Gasteiger partial charge >= 0.3 is 0 Å². The van der Waals surface area contributed by atoms with Crippen molar-refractivity contribution < 1.29 is 14.7 Å². The summed E-state index contributed by atoms with van der Waals surface area (Å²) in [5, 5.41) is 16.4. The molecule has 2 amide bonds. The SMILES string of the molecule is O=C1CCC(n2ncc3ccc(CO)cc3c2=O)C(=O)N1. The van der Waals surface area contributed by atoms with Crippen molar-refractivity contribution in [3.05, 3.63) is 40.3 Å². The van der Waals surface area contributed by atoms with E-state index in [1.807, 2.05) is 0 Å². The summed E-state index contributed by atoms with van der Waals surface area (Å²) in [6.45, 7) is -0.171. The first-order chi connectivity index (χ1) is 10.1. The Morgan fingerprint density at radius 1 is 1.33 bits per heavy atom. The highest BCUT2D eigenvalue weighted by Crippen LogP contribution is 2.18. The van der Waals surface area contributed by atoms with Crippen molar-refractivity contribution >= 4 is 22.6 Å². The van der Waals surface area contributed by atoms with Crippen molar-refractivity contribution in [2.24, 2.45) is 0 Å². The Morgan fingerprint density at radius 2 is 2.14 bits per heavy atom. The van der Waals surface area contributed by atoms with Gasteiger partial charge in [0.1, 0.15) is 6.04 Å². The summed E-state index contributed by atoms with van der Waals surface area (Å²) in [5.74, 6) is -0.855. The summed E-state index contributed by atoms with van der Waals surface area (Å²) in [7, 11) is 0. The number of nitrogens with one attached hydrogen (secondary N) is 1. The zero-order valence-electron chi connectivity index (χ0n) is 11.1. The Morgan fingerprint density at radius 3 is 2.86 bits per heavy atom. The first-order valence-corrected chi connectivity index (χ1v) is 6.55. The summed E-state index contributed by atoms with van der Waals surface area (Å²) < 4.78 is 1.10. The van der Waals surface area contributed by atoms with Crippen LogP contribution in [0.3, 0.4) is 0 Å². The predicted molar refractivity (Wildman–Crippen MR) is 73.3 cm³/mol. The lowest BCUT2D eigenvalue weighted by Crippen LogP contribution is -2.45. The number of aromatic nitrogens is 2. The molecule has 1 aromatic carbocycles. The molecule has 1 fully saturated rings. The largest absolute Gasteiger partial charge is 0.392 e. The summed E-state index contributed by atoms with van der Waals surface area (Å²) in [5.41, 5.74) is 0.206. The van der Waals surface area contributed by atoms with Gasteiger partial charge in [-0.1, -0.05) is 12.1 Å². The molecule has 1 aromatic heterocycles. The van der Waals surface area contributed by atoms with Crippen LogP contribution in [-0.4, -0.2) is 26.7 Å². The fourth-order valence-electron chi connectivity index (χ4n) is 2.44. The number of piperidine rings is 1. The van der Waals surface area contributed by atoms with Crippen LogP contribution < -0.4 is 10.9 Å². The quantitative estimate of drug-likeness (QED) is 0.749. The highest BCUT2D eigenvalue weighted by Gasteiger charge is 2.29. The number of hydrogen-bond donors (Lipinski definition) is 2. The molecule has 0 saturated carbocycles. The molecule has 1 atom stereocenters. The Kier molecular flexibility index (Phi) is 3.26. The number of aliphatic hydroxyl groups is 1. The fraction of sp³-hybridized carbons (Fsp3) is 0.286. The van der Waals surface area contributed by atoms with Crippen molar-refractivity contribution in [1.82, 2.24) is 15.1 Å². The molecule has 2 heterocycles. The van der Waals surface area contributed by atoms with E-state index in [4.69, 9.17) is 5.11 Å². The van der Waals surface area contributed by atoms with E-state index in [0.29, 0.717) is 16.3 Å². The lowest BCUT2D eigenvalue weighted by molar-refractivity contribution is -0.136. The van der Waals surface area contributed by atoms with Crippen LogP contribution in [-0.2, 0) is 16.2 Å². The Labute approximate surface area is 119 Å². The fourth-order valence-corrected chi connectivity index (χ4v) is 2.44. The minimum Gasteiger partial charge on any atom is -0.392 e. The number of carbonyl (C=O) groups is 2. The highest BCUT2D eigenvalue weighted by atomic mass is 16.3. The molecule has 21 heavy (non-hydrogen) atoms. The number of rotatable bonds is 2. The normalized spacial score (nSPS) is 18.8. The van der Waals surface area contributed by atoms with Crippen molar-refractivity contribution in [2.45, 2.75) is 25.5 Å². The van der Waals surface area contributed by atoms with Crippen LogP contribution in [0.15, 0.2) is 29.2 Å². The molecule has 7 nitrogen and oxygen atoms in total. The Hall–Kier alpha value is -2.54. The van der Waals surface area contributed by atoms with Gasteiger partial charge in [-0.15, -0.1) is 0 Å². The van der Waals surface area contributed by atoms with E-state index < -0.39 is 17.5 Å². The van der Waals surface area contributed by atoms with Crippen LogP contribution in [0.2, 0.25) is 0 Å². The predicted octanol–water partition coefficient (Wildman–Crippen LogP) is -0.134. The third-order valence-electron chi connectivity index (χ3n) is 3.57. The van der Waals surface area contributed by atoms with Crippen LogP contribution in [0, 0.1) is 0 Å². The Balaban J connectivity index is 2.11. The molecule has 1 saturated heterocycles. The number of nitrogens with zero attached hydrogens (tertiary/aromatic N) is 2. The van der Waals surface area contributed by atoms with Gasteiger partial charge in [0.05, 0.1) is 18.2 Å². The Bertz CT molecular complexity index is 796. The first-order valence-electron chi connectivity index (χ1n) is 6.55. The van der Waals surface area contributed by atoms with E-state index in [2.05, 4.69) is 10.4 Å². The first kappa shape index (κ1) is 13.4. The van der Waals surface area contributed by atoms with Gasteiger partial charge in [-0.2, -0.15) is 5.10 Å². The van der Waals surface area contributed by atoms with Crippen LogP contribution in [0.25, 0.3) is 10.8 Å². The second-order valence-electron chi connectivity index (χ2n) is 4.94. The number of imide groups is 1. The maximum Gasteiger partial charge on any atom is 0.275 e. The van der Waals surface area contributed by atoms with Crippen molar-refractivity contribution in [1.29, 1.82) is 0 Å². The zero-order valence-corrected chi connectivity index (χ0v) is 11.1. The number of fused-ring (bicyclic) bond motifs is 1. The topological polar surface area (TPSA) is 101 Å². The van der Waals surface area contributed by atoms with Gasteiger partial charge < -0.3 is 5.11 Å². The minimum atomic E-state index is -0.780. The number of carbonyl (C=O) groups excluding carboxylic acids is 2. The van der Waals surface area contributed by atoms with Crippen LogP contribution >= 0.6 is 0 Å². The summed E-state index contributed by atoms with van der Waals surface area (Å²) >= 11 is 0. The summed E-state index contributed by atoms with van der Waals surface area (Å²) in [4.78, 5) is 35.5.